The Morgan fingerprint density at radius 3 is 2.48 bits per heavy atom. The third kappa shape index (κ3) is 8.67. The van der Waals surface area contributed by atoms with Crippen LogP contribution in [0.25, 0.3) is 0 Å². The summed E-state index contributed by atoms with van der Waals surface area (Å²) in [4.78, 5) is 42.4. The van der Waals surface area contributed by atoms with E-state index in [9.17, 15) is 35.1 Å². The fourth-order valence-corrected chi connectivity index (χ4v) is 10.8. The minimum Gasteiger partial charge on any atom is -0.507 e. The van der Waals surface area contributed by atoms with E-state index < -0.39 is 53.6 Å². The largest absolute Gasteiger partial charge is 0.507 e. The fraction of sp³-hybridized carbons (Fsp3) is 0.510. The number of Topliss-reactive ketones (excluding diaryl/α,β-unsaturated/α-hetero) is 1. The van der Waals surface area contributed by atoms with Crippen LogP contribution in [0.2, 0.25) is 0 Å². The van der Waals surface area contributed by atoms with E-state index in [0.717, 1.165) is 16.7 Å². The van der Waals surface area contributed by atoms with Crippen molar-refractivity contribution >= 4 is 23.4 Å². The summed E-state index contributed by atoms with van der Waals surface area (Å²) < 4.78 is 12.6. The molecule has 6 N–H and O–H groups in total. The first kappa shape index (κ1) is 43.7. The van der Waals surface area contributed by atoms with Crippen LogP contribution in [0, 0.1) is 23.7 Å². The molecule has 3 aromatic rings. The van der Waals surface area contributed by atoms with E-state index in [1.54, 1.807) is 19.1 Å². The van der Waals surface area contributed by atoms with Crippen LogP contribution in [0.15, 0.2) is 53.6 Å². The highest BCUT2D eigenvalue weighted by Crippen LogP contribution is 2.47. The molecule has 3 heterocycles. The van der Waals surface area contributed by atoms with Gasteiger partial charge >= 0.3 is 11.9 Å². The van der Waals surface area contributed by atoms with Gasteiger partial charge in [0.1, 0.15) is 29.0 Å². The highest BCUT2D eigenvalue weighted by Gasteiger charge is 2.49. The van der Waals surface area contributed by atoms with Gasteiger partial charge in [-0.25, -0.2) is 4.79 Å². The molecule has 11 nitrogen and oxygen atoms in total. The summed E-state index contributed by atoms with van der Waals surface area (Å²) in [6, 6.07) is 13.5. The molecule has 8 atom stereocenters. The number of ether oxygens (including phenoxy) is 2. The van der Waals surface area contributed by atoms with E-state index in [0.29, 0.717) is 84.0 Å². The van der Waals surface area contributed by atoms with Crippen molar-refractivity contribution in [1.82, 2.24) is 0 Å². The van der Waals surface area contributed by atoms with Crippen molar-refractivity contribution in [2.24, 2.45) is 11.8 Å². The lowest BCUT2D eigenvalue weighted by Crippen LogP contribution is -2.54. The Morgan fingerprint density at radius 1 is 0.919 bits per heavy atom. The molecule has 0 radical (unpaired) electrons. The zero-order chi connectivity index (χ0) is 43.9. The number of aromatic hydroxyl groups is 1. The number of anilines is 1. The summed E-state index contributed by atoms with van der Waals surface area (Å²) in [6.45, 7) is 5.45. The van der Waals surface area contributed by atoms with Crippen molar-refractivity contribution < 1.29 is 49.4 Å². The third-order valence-electron chi connectivity index (χ3n) is 14.0. The zero-order valence-electron chi connectivity index (χ0n) is 36.0. The number of esters is 2. The number of fused-ring (bicyclic) bond motifs is 9. The molecule has 3 aromatic carbocycles. The Kier molecular flexibility index (Phi) is 12.7. The van der Waals surface area contributed by atoms with Gasteiger partial charge in [-0.1, -0.05) is 56.4 Å². The summed E-state index contributed by atoms with van der Waals surface area (Å²) in [7, 11) is 0. The number of phenols is 1. The molecule has 0 saturated heterocycles. The molecule has 0 aromatic heterocycles. The van der Waals surface area contributed by atoms with Gasteiger partial charge in [-0.2, -0.15) is 0 Å². The molecule has 1 saturated carbocycles. The molecule has 8 rings (SSSR count). The predicted molar refractivity (Wildman–Crippen MR) is 233 cm³/mol. The Balaban J connectivity index is 1.39. The SMILES string of the molecule is CCC[C@@]1(O)[C@@H]2CCC(=O)[C@@H](Cc3ccc4c(c3)C[C@@H](O)C(=C3C[C@@H](c5cc(CO)cc(NC[C@H](C)O)c5)C#C[C@@H]5CC(=O)Oc6c5cc(c(O)c6CC)C[C@H]1OC3=O)CC4)C2. The van der Waals surface area contributed by atoms with Gasteiger partial charge in [0.05, 0.1) is 31.2 Å². The molecule has 9 bridgehead atoms. The topological polar surface area (TPSA) is 183 Å². The summed E-state index contributed by atoms with van der Waals surface area (Å²) in [5.41, 5.74) is 5.48. The van der Waals surface area contributed by atoms with Crippen LogP contribution in [0.3, 0.4) is 0 Å². The molecule has 5 aliphatic rings. The van der Waals surface area contributed by atoms with Crippen LogP contribution >= 0.6 is 0 Å². The molecule has 62 heavy (non-hydrogen) atoms. The van der Waals surface area contributed by atoms with E-state index in [4.69, 9.17) is 9.47 Å². The number of rotatable bonds is 8. The van der Waals surface area contributed by atoms with Gasteiger partial charge in [0.2, 0.25) is 0 Å². The Labute approximate surface area is 363 Å². The lowest BCUT2D eigenvalue weighted by atomic mass is 9.66. The van der Waals surface area contributed by atoms with Gasteiger partial charge in [-0.05, 0) is 121 Å². The second kappa shape index (κ2) is 18.0. The molecule has 11 heteroatoms. The van der Waals surface area contributed by atoms with Gasteiger partial charge in [-0.15, -0.1) is 0 Å². The normalized spacial score (nSPS) is 27.6. The molecular weight excluding hydrogens is 787 g/mol. The van der Waals surface area contributed by atoms with Crippen molar-refractivity contribution in [2.75, 3.05) is 11.9 Å². The van der Waals surface area contributed by atoms with Gasteiger partial charge in [-0.3, -0.25) is 9.59 Å². The number of aliphatic hydroxyl groups is 4. The maximum Gasteiger partial charge on any atom is 0.334 e. The molecule has 0 amide bonds. The van der Waals surface area contributed by atoms with E-state index >= 15 is 4.79 Å². The number of aryl methyl sites for hydroxylation is 1. The molecule has 328 valence electrons. The monoisotopic (exact) mass is 845 g/mol. The standard InChI is InChI=1S/C51H59NO10/c1-4-14-51(60)38-11-13-44(55)36(19-38)16-29-6-7-31-10-12-41(45(56)23-35(31)15-29)43-21-32(34-17-30(27-53)18-39(20-34)52-26-28(3)54)8-9-33-25-47(57)62-49-40(5-2)48(58)37(22-42(33)49)24-46(51)61-50(43)59/h6-7,15,17-18,20,22,28,32-33,36,38,45-46,52-54,56,58,60H,4-5,10-14,16,19,21,23-27H2,1-3H3/t28-,32-,33+,36-,38+,45+,46+,51+/m0/s1. The Bertz CT molecular complexity index is 2350. The van der Waals surface area contributed by atoms with Crippen LogP contribution in [-0.2, 0) is 57.8 Å². The molecule has 3 aliphatic heterocycles. The second-order valence-electron chi connectivity index (χ2n) is 18.3. The Hall–Kier alpha value is -4.99. The number of aliphatic hydroxyl groups excluding tert-OH is 3. The summed E-state index contributed by atoms with van der Waals surface area (Å²) >= 11 is 0. The summed E-state index contributed by atoms with van der Waals surface area (Å²) in [5, 5.41) is 61.3. The quantitative estimate of drug-likeness (QED) is 0.0864. The van der Waals surface area contributed by atoms with E-state index in [1.807, 2.05) is 26.0 Å². The van der Waals surface area contributed by atoms with Crippen LogP contribution in [0.5, 0.6) is 11.5 Å². The molecule has 0 spiro atoms. The number of phenolic OH excluding ortho intramolecular Hbond substituents is 1. The van der Waals surface area contributed by atoms with E-state index in [1.165, 1.54) is 0 Å². The van der Waals surface area contributed by atoms with Crippen molar-refractivity contribution in [1.29, 1.82) is 0 Å². The Morgan fingerprint density at radius 2 is 1.73 bits per heavy atom. The summed E-state index contributed by atoms with van der Waals surface area (Å²) in [5.74, 6) is 3.79. The number of nitrogens with one attached hydrogen (secondary N) is 1. The first-order chi connectivity index (χ1) is 29.8. The fourth-order valence-electron chi connectivity index (χ4n) is 10.8. The maximum atomic E-state index is 15.4. The molecule has 0 unspecified atom stereocenters. The molecule has 2 aliphatic carbocycles. The van der Waals surface area contributed by atoms with Crippen LogP contribution < -0.4 is 10.1 Å². The first-order valence-electron chi connectivity index (χ1n) is 22.5. The van der Waals surface area contributed by atoms with E-state index in [2.05, 4.69) is 35.4 Å². The number of ketones is 1. The molecular formula is C51H59NO10. The third-order valence-corrected chi connectivity index (χ3v) is 14.0. The first-order valence-corrected chi connectivity index (χ1v) is 22.5. The average Bonchev–Trinajstić information content (AvgIpc) is 3.40. The van der Waals surface area contributed by atoms with Crippen molar-refractivity contribution in [3.8, 4) is 23.3 Å². The van der Waals surface area contributed by atoms with Crippen LogP contribution in [0.1, 0.15) is 128 Å². The minimum atomic E-state index is -1.62. The number of carbonyl (C=O) groups is 3. The lowest BCUT2D eigenvalue weighted by Gasteiger charge is -2.45. The number of hydrogen-bond donors (Lipinski definition) is 6. The highest BCUT2D eigenvalue weighted by molar-refractivity contribution is 5.90. The smallest absolute Gasteiger partial charge is 0.334 e. The molecule has 1 fully saturated rings. The minimum absolute atomic E-state index is 0.00343. The number of hydrogen-bond acceptors (Lipinski definition) is 11. The second-order valence-corrected chi connectivity index (χ2v) is 18.3. The van der Waals surface area contributed by atoms with Crippen molar-refractivity contribution in [3.05, 3.63) is 98.1 Å². The van der Waals surface area contributed by atoms with E-state index in [-0.39, 0.29) is 80.4 Å². The van der Waals surface area contributed by atoms with Crippen LogP contribution in [0.4, 0.5) is 5.69 Å². The van der Waals surface area contributed by atoms with Crippen molar-refractivity contribution in [3.63, 3.8) is 0 Å². The maximum absolute atomic E-state index is 15.4. The van der Waals surface area contributed by atoms with Crippen LogP contribution in [-0.4, -0.2) is 73.7 Å². The van der Waals surface area contributed by atoms with Gasteiger partial charge in [0.25, 0.3) is 0 Å². The summed E-state index contributed by atoms with van der Waals surface area (Å²) in [6.07, 6.45) is 0.824. The van der Waals surface area contributed by atoms with Gasteiger partial charge < -0.3 is 40.3 Å². The predicted octanol–water partition coefficient (Wildman–Crippen LogP) is 6.20. The number of carbonyl (C=O) groups excluding carboxylic acids is 3. The van der Waals surface area contributed by atoms with Crippen molar-refractivity contribution in [2.45, 2.75) is 147 Å². The average molecular weight is 846 g/mol. The highest BCUT2D eigenvalue weighted by atomic mass is 16.6. The number of benzene rings is 3. The zero-order valence-corrected chi connectivity index (χ0v) is 36.0. The van der Waals surface area contributed by atoms with Gasteiger partial charge in [0.15, 0.2) is 0 Å². The van der Waals surface area contributed by atoms with Gasteiger partial charge in [0, 0.05) is 60.0 Å². The lowest BCUT2D eigenvalue weighted by molar-refractivity contribution is -0.176.